The molecule has 13 heteroatoms. The summed E-state index contributed by atoms with van der Waals surface area (Å²) in [5, 5.41) is 8.30. The third-order valence-electron chi connectivity index (χ3n) is 5.02. The van der Waals surface area contributed by atoms with Crippen molar-refractivity contribution in [2.75, 3.05) is 32.2 Å². The van der Waals surface area contributed by atoms with Gasteiger partial charge in [0, 0.05) is 31.3 Å². The average Bonchev–Trinajstić information content (AvgIpc) is 2.86. The van der Waals surface area contributed by atoms with Crippen LogP contribution in [-0.2, 0) is 9.53 Å². The number of ether oxygens (including phenoxy) is 4. The lowest BCUT2D eigenvalue weighted by Gasteiger charge is -2.30. The number of carbonyl (C=O) groups excluding carboxylic acids is 1. The summed E-state index contributed by atoms with van der Waals surface area (Å²) in [6, 6.07) is 3.04. The van der Waals surface area contributed by atoms with Gasteiger partial charge < -0.3 is 34.9 Å². The van der Waals surface area contributed by atoms with Crippen molar-refractivity contribution in [2.45, 2.75) is 39.3 Å². The van der Waals surface area contributed by atoms with Gasteiger partial charge in [-0.3, -0.25) is 9.79 Å². The molecule has 200 valence electrons. The van der Waals surface area contributed by atoms with Crippen molar-refractivity contribution in [3.05, 3.63) is 35.7 Å². The number of nitrogens with one attached hydrogen (secondary N) is 3. The number of anilines is 1. The van der Waals surface area contributed by atoms with Crippen LogP contribution in [0.2, 0.25) is 0 Å². The number of rotatable bonds is 8. The molecule has 1 aliphatic heterocycles. The molecule has 1 amide bonds. The molecule has 1 aromatic carbocycles. The van der Waals surface area contributed by atoms with Crippen LogP contribution in [0, 0.1) is 0 Å². The molecular formula is C24H30F2N6O5. The third-order valence-corrected chi connectivity index (χ3v) is 5.02. The minimum absolute atomic E-state index is 0.0954. The van der Waals surface area contributed by atoms with Crippen LogP contribution in [0.1, 0.15) is 27.2 Å². The zero-order chi connectivity index (χ0) is 27.0. The maximum atomic E-state index is 13.5. The molecule has 1 unspecified atom stereocenters. The molecule has 1 atom stereocenters. The highest BCUT2D eigenvalue weighted by atomic mass is 19.3. The average molecular weight is 521 g/mol. The van der Waals surface area contributed by atoms with E-state index in [4.69, 9.17) is 14.2 Å². The molecule has 37 heavy (non-hydrogen) atoms. The van der Waals surface area contributed by atoms with Gasteiger partial charge in [0.2, 0.25) is 17.7 Å². The monoisotopic (exact) mass is 520 g/mol. The zero-order valence-electron chi connectivity index (χ0n) is 21.1. The first-order valence-electron chi connectivity index (χ1n) is 11.7. The standard InChI is InChI=1S/C24H30F2N6O5/c1-6-34-18-12-15(13-19(35-7-2)20(18)36-8-3)30-23(28-5)32-22(27-4)29-14-9-10-17-16(11-14)31-21(33)24(25,26)37-17/h9-10,12-14H,5-8,11H2,1-4H3,(H,31,33)(H2,27,29,30,32). The van der Waals surface area contributed by atoms with E-state index in [2.05, 4.69) is 42.4 Å². The second-order valence-electron chi connectivity index (χ2n) is 7.60. The number of allylic oxidation sites excluding steroid dienone is 1. The van der Waals surface area contributed by atoms with E-state index in [1.165, 1.54) is 13.1 Å². The molecule has 0 bridgehead atoms. The second kappa shape index (κ2) is 12.2. The van der Waals surface area contributed by atoms with Crippen LogP contribution in [-0.4, -0.2) is 63.6 Å². The Morgan fingerprint density at radius 2 is 1.81 bits per heavy atom. The summed E-state index contributed by atoms with van der Waals surface area (Å²) in [6.07, 6.45) is -0.779. The Hall–Kier alpha value is -4.16. The van der Waals surface area contributed by atoms with E-state index in [0.717, 1.165) is 0 Å². The lowest BCUT2D eigenvalue weighted by Crippen LogP contribution is -2.48. The van der Waals surface area contributed by atoms with E-state index in [-0.39, 0.29) is 29.8 Å². The fraction of sp³-hybridized carbons (Fsp3) is 0.417. The Kier molecular flexibility index (Phi) is 9.04. The van der Waals surface area contributed by atoms with E-state index in [0.29, 0.717) is 42.8 Å². The number of amides is 1. The summed E-state index contributed by atoms with van der Waals surface area (Å²) >= 11 is 0. The SMILES string of the molecule is C=NC(=NC(=NC)NC1C=CC2=C(C1)NC(=O)C(F)(F)O2)Nc1cc(OCC)c(OCC)c(OCC)c1. The summed E-state index contributed by atoms with van der Waals surface area (Å²) in [6.45, 7) is 10.4. The number of alkyl halides is 2. The first-order valence-corrected chi connectivity index (χ1v) is 11.7. The van der Waals surface area contributed by atoms with Gasteiger partial charge in [-0.05, 0) is 33.6 Å². The van der Waals surface area contributed by atoms with Gasteiger partial charge in [0.05, 0.1) is 31.6 Å². The second-order valence-corrected chi connectivity index (χ2v) is 7.60. The molecule has 2 aliphatic rings. The zero-order valence-corrected chi connectivity index (χ0v) is 21.1. The van der Waals surface area contributed by atoms with E-state index >= 15 is 0 Å². The molecule has 0 spiro atoms. The predicted molar refractivity (Wildman–Crippen MR) is 136 cm³/mol. The van der Waals surface area contributed by atoms with E-state index in [9.17, 15) is 13.6 Å². The molecule has 0 saturated carbocycles. The first-order chi connectivity index (χ1) is 17.7. The van der Waals surface area contributed by atoms with Crippen molar-refractivity contribution in [3.63, 3.8) is 0 Å². The number of benzene rings is 1. The number of halogens is 2. The Balaban J connectivity index is 1.77. The highest BCUT2D eigenvalue weighted by Gasteiger charge is 2.47. The molecule has 0 fully saturated rings. The predicted octanol–water partition coefficient (Wildman–Crippen LogP) is 3.21. The fourth-order valence-electron chi connectivity index (χ4n) is 3.50. The molecule has 0 saturated heterocycles. The number of hydrogen-bond acceptors (Lipinski definition) is 6. The number of aliphatic imine (C=N–C) groups is 3. The van der Waals surface area contributed by atoms with Crippen molar-refractivity contribution >= 4 is 30.2 Å². The largest absolute Gasteiger partial charge is 0.490 e. The van der Waals surface area contributed by atoms with Crippen molar-refractivity contribution in [2.24, 2.45) is 15.0 Å². The van der Waals surface area contributed by atoms with E-state index in [1.54, 1.807) is 18.2 Å². The number of guanidine groups is 2. The van der Waals surface area contributed by atoms with Crippen molar-refractivity contribution < 1.29 is 32.5 Å². The fourth-order valence-corrected chi connectivity index (χ4v) is 3.50. The maximum absolute atomic E-state index is 13.5. The van der Waals surface area contributed by atoms with E-state index in [1.807, 2.05) is 20.8 Å². The summed E-state index contributed by atoms with van der Waals surface area (Å²) in [5.74, 6) is 0.164. The van der Waals surface area contributed by atoms with Crippen LogP contribution in [0.15, 0.2) is 50.7 Å². The van der Waals surface area contributed by atoms with Gasteiger partial charge in [0.15, 0.2) is 11.5 Å². The van der Waals surface area contributed by atoms with Gasteiger partial charge in [-0.15, -0.1) is 0 Å². The van der Waals surface area contributed by atoms with Gasteiger partial charge >= 0.3 is 12.0 Å². The molecule has 11 nitrogen and oxygen atoms in total. The highest BCUT2D eigenvalue weighted by Crippen LogP contribution is 2.41. The van der Waals surface area contributed by atoms with Crippen LogP contribution in [0.3, 0.4) is 0 Å². The summed E-state index contributed by atoms with van der Waals surface area (Å²) in [5.41, 5.74) is 0.796. The molecule has 0 radical (unpaired) electrons. The van der Waals surface area contributed by atoms with Crippen LogP contribution < -0.4 is 30.2 Å². The van der Waals surface area contributed by atoms with Crippen LogP contribution in [0.4, 0.5) is 14.5 Å². The Bertz CT molecular complexity index is 1120. The number of hydrogen-bond donors (Lipinski definition) is 3. The van der Waals surface area contributed by atoms with Gasteiger partial charge in [0.1, 0.15) is 5.76 Å². The summed E-state index contributed by atoms with van der Waals surface area (Å²) < 4.78 is 48.7. The van der Waals surface area contributed by atoms with Crippen molar-refractivity contribution in [1.82, 2.24) is 10.6 Å². The van der Waals surface area contributed by atoms with Crippen molar-refractivity contribution in [3.8, 4) is 17.2 Å². The Labute approximate surface area is 213 Å². The normalized spacial score (nSPS) is 18.9. The number of carbonyl (C=O) groups is 1. The van der Waals surface area contributed by atoms with Gasteiger partial charge in [0.25, 0.3) is 0 Å². The van der Waals surface area contributed by atoms with Crippen LogP contribution in [0.25, 0.3) is 0 Å². The molecule has 3 N–H and O–H groups in total. The quantitative estimate of drug-likeness (QED) is 0.355. The minimum atomic E-state index is -3.91. The lowest BCUT2D eigenvalue weighted by atomic mass is 10.0. The Morgan fingerprint density at radius 1 is 1.16 bits per heavy atom. The van der Waals surface area contributed by atoms with E-state index < -0.39 is 18.1 Å². The van der Waals surface area contributed by atoms with Gasteiger partial charge in [-0.25, -0.2) is 4.99 Å². The van der Waals surface area contributed by atoms with Crippen LogP contribution >= 0.6 is 0 Å². The Morgan fingerprint density at radius 3 is 2.38 bits per heavy atom. The van der Waals surface area contributed by atoms with Gasteiger partial charge in [-0.2, -0.15) is 13.8 Å². The lowest BCUT2D eigenvalue weighted by molar-refractivity contribution is -0.217. The third kappa shape index (κ3) is 6.74. The molecule has 3 rings (SSSR count). The minimum Gasteiger partial charge on any atom is -0.490 e. The number of nitrogens with zero attached hydrogens (tertiary/aromatic N) is 3. The van der Waals surface area contributed by atoms with Crippen molar-refractivity contribution in [1.29, 1.82) is 0 Å². The molecule has 1 aromatic rings. The maximum Gasteiger partial charge on any atom is 0.482 e. The molecule has 1 heterocycles. The molecule has 1 aliphatic carbocycles. The highest BCUT2D eigenvalue weighted by molar-refractivity contribution is 6.04. The molecule has 0 aromatic heterocycles. The topological polar surface area (TPSA) is 127 Å². The first kappa shape index (κ1) is 27.4. The molecular weight excluding hydrogens is 490 g/mol. The smallest absolute Gasteiger partial charge is 0.482 e. The van der Waals surface area contributed by atoms with Gasteiger partial charge in [-0.1, -0.05) is 6.08 Å². The van der Waals surface area contributed by atoms with Crippen LogP contribution in [0.5, 0.6) is 17.2 Å². The summed E-state index contributed by atoms with van der Waals surface area (Å²) in [4.78, 5) is 24.0. The summed E-state index contributed by atoms with van der Waals surface area (Å²) in [7, 11) is 1.52.